The maximum Gasteiger partial charge on any atom is 0.302 e. The van der Waals surface area contributed by atoms with Crippen molar-refractivity contribution in [2.75, 3.05) is 0 Å². The first kappa shape index (κ1) is 18.8. The molecule has 0 saturated heterocycles. The second kappa shape index (κ2) is 6.41. The van der Waals surface area contributed by atoms with Gasteiger partial charge in [0, 0.05) is 22.9 Å². The third-order valence-corrected chi connectivity index (χ3v) is 10.0. The summed E-state index contributed by atoms with van der Waals surface area (Å²) in [4.78, 5) is 12.9. The van der Waals surface area contributed by atoms with E-state index in [1.807, 2.05) is 0 Å². The lowest BCUT2D eigenvalue weighted by atomic mass is 9.45. The third-order valence-electron chi connectivity index (χ3n) is 9.10. The van der Waals surface area contributed by atoms with Gasteiger partial charge in [0.25, 0.3) is 0 Å². The highest BCUT2D eigenvalue weighted by atomic mass is 32.2. The van der Waals surface area contributed by atoms with Crippen molar-refractivity contribution in [3.63, 3.8) is 0 Å². The fourth-order valence-electron chi connectivity index (χ4n) is 7.73. The molecule has 4 aliphatic carbocycles. The Morgan fingerprint density at radius 2 is 2.04 bits per heavy atom. The van der Waals surface area contributed by atoms with Crippen LogP contribution in [0.5, 0.6) is 0 Å². The van der Waals surface area contributed by atoms with E-state index < -0.39 is 0 Å². The fraction of sp³-hybridized carbons (Fsp3) is 0.818. The van der Waals surface area contributed by atoms with E-state index in [0.717, 1.165) is 31.1 Å². The van der Waals surface area contributed by atoms with Gasteiger partial charge in [0.05, 0.1) is 0 Å². The summed E-state index contributed by atoms with van der Waals surface area (Å²) in [6.45, 7) is 6.56. The van der Waals surface area contributed by atoms with Gasteiger partial charge in [0.2, 0.25) is 0 Å². The van der Waals surface area contributed by atoms with Crippen molar-refractivity contribution in [1.82, 2.24) is 5.43 Å². The number of hydrogen-bond acceptors (Lipinski definition) is 6. The molecule has 1 heterocycles. The Morgan fingerprint density at radius 1 is 1.21 bits per heavy atom. The molecule has 3 N–H and O–H groups in total. The SMILES string of the molecule is CC(=O)O[C@H]1CC[C@@]2(C)[C@@H](CC[C@@H]3[C@@H]2CC[C@]2(C)C4=C(C[C@@H]32)SC(N)=NN4)C1. The second-order valence-electron chi connectivity index (χ2n) is 10.3. The second-order valence-corrected chi connectivity index (χ2v) is 11.4. The van der Waals surface area contributed by atoms with Crippen molar-refractivity contribution in [2.45, 2.75) is 78.2 Å². The Balaban J connectivity index is 1.37. The van der Waals surface area contributed by atoms with Crippen LogP contribution in [0.25, 0.3) is 0 Å². The Labute approximate surface area is 172 Å². The molecule has 5 nitrogen and oxygen atoms in total. The molecule has 0 aromatic carbocycles. The average Bonchev–Trinajstić information content (AvgIpc) is 2.93. The first-order valence-corrected chi connectivity index (χ1v) is 11.8. The van der Waals surface area contributed by atoms with E-state index in [1.54, 1.807) is 18.7 Å². The molecule has 0 aromatic rings. The van der Waals surface area contributed by atoms with Gasteiger partial charge in [-0.25, -0.2) is 0 Å². The standard InChI is InChI=1S/C22H33N3O2S/c1-12(26)27-14-6-8-21(2)13(10-14)4-5-15-16(21)7-9-22(3)17(15)11-18-19(22)24-25-20(23)28-18/h13-17,24H,4-11H2,1-3H3,(H2,23,25)/t13-,14-,15+,16-,17-,21-,22-/m0/s1. The number of nitrogens with two attached hydrogens (primary N) is 1. The van der Waals surface area contributed by atoms with E-state index >= 15 is 0 Å². The van der Waals surface area contributed by atoms with Crippen LogP contribution >= 0.6 is 11.8 Å². The van der Waals surface area contributed by atoms with Crippen LogP contribution in [0.4, 0.5) is 0 Å². The number of rotatable bonds is 1. The maximum absolute atomic E-state index is 11.4. The van der Waals surface area contributed by atoms with Gasteiger partial charge in [-0.05, 0) is 80.5 Å². The number of carbonyl (C=O) groups excluding carboxylic acids is 1. The molecule has 6 heteroatoms. The van der Waals surface area contributed by atoms with Crippen LogP contribution in [0, 0.1) is 34.5 Å². The minimum absolute atomic E-state index is 0.121. The van der Waals surface area contributed by atoms with Crippen LogP contribution in [0.15, 0.2) is 15.7 Å². The molecule has 1 aliphatic heterocycles. The Morgan fingerprint density at radius 3 is 2.82 bits per heavy atom. The zero-order valence-corrected chi connectivity index (χ0v) is 18.1. The van der Waals surface area contributed by atoms with Gasteiger partial charge in [-0.2, -0.15) is 5.10 Å². The average molecular weight is 404 g/mol. The first-order chi connectivity index (χ1) is 13.3. The molecule has 7 atom stereocenters. The zero-order valence-electron chi connectivity index (χ0n) is 17.3. The number of hydrogen-bond donors (Lipinski definition) is 2. The Hall–Kier alpha value is -1.17. The number of thioether (sulfide) groups is 1. The molecule has 3 saturated carbocycles. The number of hydrazone groups is 1. The molecule has 0 spiro atoms. The number of esters is 1. The normalized spacial score (nSPS) is 47.1. The van der Waals surface area contributed by atoms with Crippen LogP contribution in [0.2, 0.25) is 0 Å². The summed E-state index contributed by atoms with van der Waals surface area (Å²) in [5, 5.41) is 4.98. The van der Waals surface area contributed by atoms with Crippen molar-refractivity contribution >= 4 is 22.9 Å². The molecule has 154 valence electrons. The predicted molar refractivity (Wildman–Crippen MR) is 112 cm³/mol. The zero-order chi connectivity index (χ0) is 19.7. The van der Waals surface area contributed by atoms with Gasteiger partial charge in [-0.3, -0.25) is 10.2 Å². The summed E-state index contributed by atoms with van der Waals surface area (Å²) in [6.07, 6.45) is 9.77. The van der Waals surface area contributed by atoms with Crippen LogP contribution in [0.3, 0.4) is 0 Å². The van der Waals surface area contributed by atoms with Crippen LogP contribution in [-0.4, -0.2) is 17.2 Å². The molecular weight excluding hydrogens is 370 g/mol. The Kier molecular flexibility index (Phi) is 4.31. The van der Waals surface area contributed by atoms with Crippen LogP contribution < -0.4 is 11.2 Å². The highest BCUT2D eigenvalue weighted by molar-refractivity contribution is 8.17. The first-order valence-electron chi connectivity index (χ1n) is 11.0. The number of allylic oxidation sites excluding steroid dienone is 2. The number of fused-ring (bicyclic) bond motifs is 6. The molecule has 28 heavy (non-hydrogen) atoms. The van der Waals surface area contributed by atoms with E-state index in [-0.39, 0.29) is 17.5 Å². The molecule has 0 radical (unpaired) electrons. The maximum atomic E-state index is 11.4. The van der Waals surface area contributed by atoms with Gasteiger partial charge < -0.3 is 10.5 Å². The summed E-state index contributed by atoms with van der Waals surface area (Å²) in [5.41, 5.74) is 11.3. The van der Waals surface area contributed by atoms with E-state index in [2.05, 4.69) is 24.4 Å². The molecule has 0 aromatic heterocycles. The van der Waals surface area contributed by atoms with Gasteiger partial charge in [-0.1, -0.05) is 25.6 Å². The molecule has 5 aliphatic rings. The molecular formula is C22H33N3O2S. The molecule has 5 rings (SSSR count). The topological polar surface area (TPSA) is 76.7 Å². The van der Waals surface area contributed by atoms with E-state index in [1.165, 1.54) is 42.7 Å². The lowest BCUT2D eigenvalue weighted by Gasteiger charge is -2.60. The third kappa shape index (κ3) is 2.66. The lowest BCUT2D eigenvalue weighted by molar-refractivity contribution is -0.158. The van der Waals surface area contributed by atoms with Gasteiger partial charge >= 0.3 is 5.97 Å². The van der Waals surface area contributed by atoms with Crippen molar-refractivity contribution < 1.29 is 9.53 Å². The summed E-state index contributed by atoms with van der Waals surface area (Å²) in [7, 11) is 0. The largest absolute Gasteiger partial charge is 0.463 e. The molecule has 0 bridgehead atoms. The van der Waals surface area contributed by atoms with Crippen molar-refractivity contribution in [3.8, 4) is 0 Å². The van der Waals surface area contributed by atoms with E-state index in [0.29, 0.717) is 22.4 Å². The van der Waals surface area contributed by atoms with Crippen LogP contribution in [-0.2, 0) is 9.53 Å². The van der Waals surface area contributed by atoms with Crippen molar-refractivity contribution in [1.29, 1.82) is 0 Å². The number of carbonyl (C=O) groups is 1. The smallest absolute Gasteiger partial charge is 0.302 e. The predicted octanol–water partition coefficient (Wildman–Crippen LogP) is 4.35. The van der Waals surface area contributed by atoms with Gasteiger partial charge in [0.15, 0.2) is 5.17 Å². The molecule has 3 fully saturated rings. The highest BCUT2D eigenvalue weighted by Gasteiger charge is 2.60. The summed E-state index contributed by atoms with van der Waals surface area (Å²) >= 11 is 1.69. The fourth-order valence-corrected chi connectivity index (χ4v) is 8.72. The van der Waals surface area contributed by atoms with Crippen molar-refractivity contribution in [3.05, 3.63) is 10.6 Å². The minimum Gasteiger partial charge on any atom is -0.463 e. The van der Waals surface area contributed by atoms with Crippen molar-refractivity contribution in [2.24, 2.45) is 45.3 Å². The highest BCUT2D eigenvalue weighted by Crippen LogP contribution is 2.67. The van der Waals surface area contributed by atoms with E-state index in [9.17, 15) is 4.79 Å². The Bertz CT molecular complexity index is 765. The molecule has 0 amide bonds. The summed E-state index contributed by atoms with van der Waals surface area (Å²) < 4.78 is 5.60. The number of ether oxygens (including phenoxy) is 1. The van der Waals surface area contributed by atoms with Gasteiger partial charge in [-0.15, -0.1) is 0 Å². The van der Waals surface area contributed by atoms with Crippen LogP contribution in [0.1, 0.15) is 72.1 Å². The summed E-state index contributed by atoms with van der Waals surface area (Å²) in [5.74, 6) is 2.88. The van der Waals surface area contributed by atoms with E-state index in [4.69, 9.17) is 10.5 Å². The minimum atomic E-state index is -0.121. The number of nitrogens with zero attached hydrogens (tertiary/aromatic N) is 1. The number of amidine groups is 1. The monoisotopic (exact) mass is 403 g/mol. The quantitative estimate of drug-likeness (QED) is 0.637. The lowest BCUT2D eigenvalue weighted by Crippen LogP contribution is -2.54. The summed E-state index contributed by atoms with van der Waals surface area (Å²) in [6, 6.07) is 0. The molecule has 0 unspecified atom stereocenters. The number of nitrogens with one attached hydrogen (secondary N) is 1. The van der Waals surface area contributed by atoms with Gasteiger partial charge in [0.1, 0.15) is 6.10 Å².